The van der Waals surface area contributed by atoms with Gasteiger partial charge in [0, 0.05) is 11.3 Å². The lowest BCUT2D eigenvalue weighted by atomic mass is 10.2. The molecule has 0 saturated carbocycles. The first kappa shape index (κ1) is 22.0. The van der Waals surface area contributed by atoms with Crippen LogP contribution < -0.4 is 15.8 Å². The molecule has 170 valence electrons. The molecule has 0 saturated heterocycles. The summed E-state index contributed by atoms with van der Waals surface area (Å²) in [5, 5.41) is 10.4. The summed E-state index contributed by atoms with van der Waals surface area (Å²) in [5.41, 5.74) is 7.70. The molecule has 0 aliphatic carbocycles. The van der Waals surface area contributed by atoms with E-state index in [0.717, 1.165) is 11.3 Å². The molecule has 2 aromatic heterocycles. The van der Waals surface area contributed by atoms with Gasteiger partial charge in [-0.2, -0.15) is 0 Å². The number of oxazole rings is 1. The fraction of sp³-hybridized carbons (Fsp3) is 0.217. The predicted octanol–water partition coefficient (Wildman–Crippen LogP) is 4.05. The van der Waals surface area contributed by atoms with E-state index >= 15 is 0 Å². The van der Waals surface area contributed by atoms with E-state index in [1.54, 1.807) is 13.0 Å². The molecule has 4 aromatic rings. The van der Waals surface area contributed by atoms with Crippen LogP contribution in [0.1, 0.15) is 35.8 Å². The topological polar surface area (TPSA) is 121 Å². The summed E-state index contributed by atoms with van der Waals surface area (Å²) in [6.45, 7) is 5.87. The highest BCUT2D eigenvalue weighted by molar-refractivity contribution is 6.05. The number of nitrogens with one attached hydrogen (secondary N) is 1. The molecule has 0 atom stereocenters. The third-order valence-corrected chi connectivity index (χ3v) is 4.74. The van der Waals surface area contributed by atoms with Gasteiger partial charge in [-0.05, 0) is 63.2 Å². The van der Waals surface area contributed by atoms with Gasteiger partial charge in [-0.1, -0.05) is 11.3 Å². The molecular formula is C23H23FN6O3. The van der Waals surface area contributed by atoms with Crippen LogP contribution in [0.4, 0.5) is 15.9 Å². The number of aryl methyl sites for hydroxylation is 1. The number of rotatable bonds is 7. The van der Waals surface area contributed by atoms with Crippen molar-refractivity contribution in [3.05, 3.63) is 71.5 Å². The van der Waals surface area contributed by atoms with Gasteiger partial charge in [0.15, 0.2) is 11.5 Å². The summed E-state index contributed by atoms with van der Waals surface area (Å²) < 4.78 is 26.2. The number of ether oxygens (including phenoxy) is 1. The van der Waals surface area contributed by atoms with E-state index in [4.69, 9.17) is 14.9 Å². The van der Waals surface area contributed by atoms with E-state index in [2.05, 4.69) is 20.6 Å². The Bertz CT molecular complexity index is 1280. The Morgan fingerprint density at radius 2 is 2.00 bits per heavy atom. The Morgan fingerprint density at radius 3 is 2.70 bits per heavy atom. The minimum Gasteiger partial charge on any atom is -0.491 e. The summed E-state index contributed by atoms with van der Waals surface area (Å²) in [6.07, 6.45) is 0.0837. The maximum atomic E-state index is 13.3. The molecule has 4 rings (SSSR count). The fourth-order valence-electron chi connectivity index (χ4n) is 3.14. The van der Waals surface area contributed by atoms with Gasteiger partial charge in [0.05, 0.1) is 12.6 Å². The second-order valence-corrected chi connectivity index (χ2v) is 7.66. The van der Waals surface area contributed by atoms with E-state index in [9.17, 15) is 9.18 Å². The number of nitrogens with two attached hydrogens (primary N) is 1. The van der Waals surface area contributed by atoms with Crippen molar-refractivity contribution in [2.75, 3.05) is 11.1 Å². The van der Waals surface area contributed by atoms with Crippen molar-refractivity contribution in [1.82, 2.24) is 20.0 Å². The van der Waals surface area contributed by atoms with Crippen LogP contribution in [0, 0.1) is 12.7 Å². The smallest absolute Gasteiger partial charge is 0.280 e. The highest BCUT2D eigenvalue weighted by atomic mass is 19.1. The second-order valence-electron chi connectivity index (χ2n) is 7.66. The number of carbonyl (C=O) groups excluding carboxylic acids is 1. The average molecular weight is 450 g/mol. The Labute approximate surface area is 189 Å². The zero-order valence-corrected chi connectivity index (χ0v) is 18.4. The lowest BCUT2D eigenvalue weighted by Gasteiger charge is -2.09. The molecule has 3 N–H and O–H groups in total. The third-order valence-electron chi connectivity index (χ3n) is 4.74. The molecule has 10 heteroatoms. The lowest BCUT2D eigenvalue weighted by Crippen LogP contribution is -2.15. The van der Waals surface area contributed by atoms with Crippen molar-refractivity contribution in [2.24, 2.45) is 0 Å². The van der Waals surface area contributed by atoms with Crippen LogP contribution in [0.5, 0.6) is 5.75 Å². The molecule has 33 heavy (non-hydrogen) atoms. The van der Waals surface area contributed by atoms with Crippen LogP contribution in [0.15, 0.2) is 52.9 Å². The van der Waals surface area contributed by atoms with Crippen molar-refractivity contribution < 1.29 is 18.3 Å². The van der Waals surface area contributed by atoms with Crippen LogP contribution in [0.3, 0.4) is 0 Å². The lowest BCUT2D eigenvalue weighted by molar-refractivity contribution is 0.102. The van der Waals surface area contributed by atoms with Gasteiger partial charge < -0.3 is 20.2 Å². The summed E-state index contributed by atoms with van der Waals surface area (Å²) in [6, 6.07) is 13.0. The molecule has 0 spiro atoms. The first-order valence-electron chi connectivity index (χ1n) is 10.3. The minimum absolute atomic E-state index is 0.0584. The standard InChI is InChI=1S/C23H23FN6O3/c1-13(2)32-18-9-7-15(8-10-18)23-27-19(14(3)33-23)12-30-21(25)20(28-29-30)22(31)26-17-6-4-5-16(24)11-17/h4-11,13H,12,25H2,1-3H3,(H,26,31). The van der Waals surface area contributed by atoms with Crippen molar-refractivity contribution in [3.8, 4) is 17.2 Å². The molecule has 0 radical (unpaired) electrons. The molecule has 0 unspecified atom stereocenters. The highest BCUT2D eigenvalue weighted by Gasteiger charge is 2.20. The monoisotopic (exact) mass is 450 g/mol. The molecule has 0 fully saturated rings. The van der Waals surface area contributed by atoms with E-state index in [0.29, 0.717) is 17.3 Å². The maximum Gasteiger partial charge on any atom is 0.280 e. The summed E-state index contributed by atoms with van der Waals surface area (Å²) in [5.74, 6) is 0.795. The number of hydrogen-bond donors (Lipinski definition) is 2. The van der Waals surface area contributed by atoms with Gasteiger partial charge in [0.1, 0.15) is 23.0 Å². The first-order chi connectivity index (χ1) is 15.8. The molecule has 0 aliphatic rings. The molecule has 2 aromatic carbocycles. The Kier molecular flexibility index (Phi) is 6.07. The number of anilines is 2. The number of amides is 1. The van der Waals surface area contributed by atoms with Crippen LogP contribution in [-0.4, -0.2) is 32.0 Å². The van der Waals surface area contributed by atoms with Crippen molar-refractivity contribution in [1.29, 1.82) is 0 Å². The maximum absolute atomic E-state index is 13.3. The Hall–Kier alpha value is -4.21. The molecule has 0 aliphatic heterocycles. The quantitative estimate of drug-likeness (QED) is 0.436. The number of nitrogens with zero attached hydrogens (tertiary/aromatic N) is 4. The van der Waals surface area contributed by atoms with E-state index < -0.39 is 11.7 Å². The summed E-state index contributed by atoms with van der Waals surface area (Å²) in [4.78, 5) is 17.0. The van der Waals surface area contributed by atoms with E-state index in [1.807, 2.05) is 38.1 Å². The van der Waals surface area contributed by atoms with Gasteiger partial charge in [0.25, 0.3) is 5.91 Å². The normalized spacial score (nSPS) is 11.1. The number of halogens is 1. The van der Waals surface area contributed by atoms with Gasteiger partial charge in [0.2, 0.25) is 5.89 Å². The zero-order chi connectivity index (χ0) is 23.5. The predicted molar refractivity (Wildman–Crippen MR) is 120 cm³/mol. The van der Waals surface area contributed by atoms with E-state index in [-0.39, 0.29) is 29.8 Å². The largest absolute Gasteiger partial charge is 0.491 e. The average Bonchev–Trinajstić information content (AvgIpc) is 3.31. The number of carbonyl (C=O) groups is 1. The van der Waals surface area contributed by atoms with Gasteiger partial charge >= 0.3 is 0 Å². The summed E-state index contributed by atoms with van der Waals surface area (Å²) >= 11 is 0. The van der Waals surface area contributed by atoms with Crippen LogP contribution >= 0.6 is 0 Å². The molecular weight excluding hydrogens is 427 g/mol. The first-order valence-corrected chi connectivity index (χ1v) is 10.3. The highest BCUT2D eigenvalue weighted by Crippen LogP contribution is 2.25. The minimum atomic E-state index is -0.592. The molecule has 1 amide bonds. The third kappa shape index (κ3) is 5.00. The fourth-order valence-corrected chi connectivity index (χ4v) is 3.14. The number of hydrogen-bond acceptors (Lipinski definition) is 7. The van der Waals surface area contributed by atoms with Gasteiger partial charge in [-0.3, -0.25) is 4.79 Å². The zero-order valence-electron chi connectivity index (χ0n) is 18.4. The SMILES string of the molecule is Cc1oc(-c2ccc(OC(C)C)cc2)nc1Cn1nnc(C(=O)Nc2cccc(F)c2)c1N. The van der Waals surface area contributed by atoms with Crippen LogP contribution in [-0.2, 0) is 6.54 Å². The number of aromatic nitrogens is 4. The number of nitrogen functional groups attached to an aromatic ring is 1. The molecule has 2 heterocycles. The van der Waals surface area contributed by atoms with Crippen molar-refractivity contribution in [3.63, 3.8) is 0 Å². The van der Waals surface area contributed by atoms with E-state index in [1.165, 1.54) is 22.9 Å². The summed E-state index contributed by atoms with van der Waals surface area (Å²) in [7, 11) is 0. The molecule has 0 bridgehead atoms. The molecule has 9 nitrogen and oxygen atoms in total. The van der Waals surface area contributed by atoms with Crippen molar-refractivity contribution in [2.45, 2.75) is 33.4 Å². The Balaban J connectivity index is 1.49. The second kappa shape index (κ2) is 9.11. The Morgan fingerprint density at radius 1 is 1.24 bits per heavy atom. The van der Waals surface area contributed by atoms with Gasteiger partial charge in [-0.15, -0.1) is 5.10 Å². The van der Waals surface area contributed by atoms with Gasteiger partial charge in [-0.25, -0.2) is 14.1 Å². The number of benzene rings is 2. The van der Waals surface area contributed by atoms with Crippen LogP contribution in [0.25, 0.3) is 11.5 Å². The van der Waals surface area contributed by atoms with Crippen LogP contribution in [0.2, 0.25) is 0 Å². The van der Waals surface area contributed by atoms with Crippen molar-refractivity contribution >= 4 is 17.4 Å².